The summed E-state index contributed by atoms with van der Waals surface area (Å²) in [7, 11) is 0. The topological polar surface area (TPSA) is 55.1 Å². The van der Waals surface area contributed by atoms with Crippen LogP contribution in [0.3, 0.4) is 0 Å². The first-order valence-electron chi connectivity index (χ1n) is 7.52. The van der Waals surface area contributed by atoms with Crippen molar-refractivity contribution in [3.63, 3.8) is 0 Å². The zero-order valence-electron chi connectivity index (χ0n) is 11.4. The van der Waals surface area contributed by atoms with E-state index in [1.165, 1.54) is 25.7 Å². The van der Waals surface area contributed by atoms with E-state index in [1.807, 2.05) is 4.68 Å². The summed E-state index contributed by atoms with van der Waals surface area (Å²) < 4.78 is 1.85. The van der Waals surface area contributed by atoms with Crippen molar-refractivity contribution in [1.29, 1.82) is 0 Å². The van der Waals surface area contributed by atoms with E-state index in [9.17, 15) is 4.79 Å². The van der Waals surface area contributed by atoms with Crippen molar-refractivity contribution in [2.45, 2.75) is 57.9 Å². The first-order valence-corrected chi connectivity index (χ1v) is 7.52. The van der Waals surface area contributed by atoms with Crippen molar-refractivity contribution in [3.05, 3.63) is 17.0 Å². The molecule has 19 heavy (non-hydrogen) atoms. The summed E-state index contributed by atoms with van der Waals surface area (Å²) in [6.45, 7) is 0.601. The molecule has 4 heteroatoms. The Balaban J connectivity index is 1.76. The number of aliphatic hydroxyl groups is 1. The highest BCUT2D eigenvalue weighted by atomic mass is 16.3. The Labute approximate surface area is 113 Å². The first kappa shape index (κ1) is 12.9. The molecule has 1 fully saturated rings. The molecule has 2 aliphatic rings. The van der Waals surface area contributed by atoms with Gasteiger partial charge >= 0.3 is 0 Å². The third kappa shape index (κ3) is 2.46. The number of aromatic nitrogens is 2. The fourth-order valence-corrected chi connectivity index (χ4v) is 3.58. The minimum Gasteiger partial charge on any atom is -0.394 e. The van der Waals surface area contributed by atoms with Crippen LogP contribution in [0.5, 0.6) is 0 Å². The van der Waals surface area contributed by atoms with E-state index in [1.54, 1.807) is 0 Å². The molecule has 0 atom stereocenters. The fraction of sp³-hybridized carbons (Fsp3) is 0.733. The summed E-state index contributed by atoms with van der Waals surface area (Å²) in [6.07, 6.45) is 8.91. The summed E-state index contributed by atoms with van der Waals surface area (Å²) in [5.41, 5.74) is 2.92. The molecule has 0 saturated heterocycles. The van der Waals surface area contributed by atoms with Crippen molar-refractivity contribution in [3.8, 4) is 0 Å². The van der Waals surface area contributed by atoms with E-state index in [0.29, 0.717) is 13.0 Å². The predicted octanol–water partition coefficient (Wildman–Crippen LogP) is 2.13. The lowest BCUT2D eigenvalue weighted by Crippen LogP contribution is -2.08. The number of fused-ring (bicyclic) bond motifs is 1. The third-order valence-corrected chi connectivity index (χ3v) is 4.57. The van der Waals surface area contributed by atoms with E-state index in [-0.39, 0.29) is 12.4 Å². The second-order valence-electron chi connectivity index (χ2n) is 5.83. The van der Waals surface area contributed by atoms with Crippen LogP contribution in [-0.4, -0.2) is 27.3 Å². The third-order valence-electron chi connectivity index (χ3n) is 4.57. The normalized spacial score (nSPS) is 19.3. The van der Waals surface area contributed by atoms with E-state index in [4.69, 9.17) is 5.11 Å². The molecule has 2 aliphatic carbocycles. The molecule has 0 bridgehead atoms. The molecule has 1 N–H and O–H groups in total. The van der Waals surface area contributed by atoms with Gasteiger partial charge in [0.25, 0.3) is 0 Å². The number of hydrogen-bond donors (Lipinski definition) is 1. The molecule has 4 nitrogen and oxygen atoms in total. The van der Waals surface area contributed by atoms with Crippen LogP contribution in [0, 0.1) is 5.92 Å². The minimum atomic E-state index is 0.0877. The van der Waals surface area contributed by atoms with Gasteiger partial charge in [0.05, 0.1) is 30.1 Å². The number of carbonyl (C=O) groups excluding carboxylic acids is 1. The Morgan fingerprint density at radius 2 is 2.05 bits per heavy atom. The largest absolute Gasteiger partial charge is 0.394 e. The number of nitrogens with zero attached hydrogens (tertiary/aromatic N) is 2. The van der Waals surface area contributed by atoms with Crippen molar-refractivity contribution in [2.75, 3.05) is 6.61 Å². The van der Waals surface area contributed by atoms with Gasteiger partial charge in [-0.15, -0.1) is 0 Å². The second-order valence-corrected chi connectivity index (χ2v) is 5.83. The van der Waals surface area contributed by atoms with Gasteiger partial charge in [-0.1, -0.05) is 25.7 Å². The van der Waals surface area contributed by atoms with Crippen LogP contribution in [-0.2, 0) is 19.4 Å². The maximum Gasteiger partial charge on any atom is 0.166 e. The number of aliphatic hydroxyl groups excluding tert-OH is 1. The number of rotatable bonds is 5. The summed E-state index contributed by atoms with van der Waals surface area (Å²) in [6, 6.07) is 0. The molecule has 1 heterocycles. The van der Waals surface area contributed by atoms with Crippen LogP contribution >= 0.6 is 0 Å². The molecule has 104 valence electrons. The van der Waals surface area contributed by atoms with E-state index in [0.717, 1.165) is 42.1 Å². The number of hydrogen-bond acceptors (Lipinski definition) is 3. The second kappa shape index (κ2) is 5.45. The quantitative estimate of drug-likeness (QED) is 0.884. The fourth-order valence-electron chi connectivity index (χ4n) is 3.58. The highest BCUT2D eigenvalue weighted by Crippen LogP contribution is 2.31. The molecule has 1 saturated carbocycles. The summed E-state index contributed by atoms with van der Waals surface area (Å²) in [5, 5.41) is 13.7. The molecule has 0 radical (unpaired) electrons. The molecular weight excluding hydrogens is 240 g/mol. The number of Topliss-reactive ketones (excluding diaryl/α,β-unsaturated/α-hetero) is 1. The van der Waals surface area contributed by atoms with Gasteiger partial charge in [0.15, 0.2) is 5.78 Å². The van der Waals surface area contributed by atoms with Gasteiger partial charge in [-0.25, -0.2) is 0 Å². The molecule has 0 unspecified atom stereocenters. The molecule has 0 aliphatic heterocycles. The van der Waals surface area contributed by atoms with Gasteiger partial charge < -0.3 is 5.11 Å². The van der Waals surface area contributed by atoms with Gasteiger partial charge in [-0.2, -0.15) is 5.10 Å². The lowest BCUT2D eigenvalue weighted by atomic mass is 9.99. The van der Waals surface area contributed by atoms with E-state index < -0.39 is 0 Å². The molecule has 1 aromatic rings. The van der Waals surface area contributed by atoms with Crippen molar-refractivity contribution < 1.29 is 9.90 Å². The highest BCUT2D eigenvalue weighted by Gasteiger charge is 2.29. The van der Waals surface area contributed by atoms with Crippen molar-refractivity contribution in [1.82, 2.24) is 9.78 Å². The van der Waals surface area contributed by atoms with Crippen LogP contribution in [0.4, 0.5) is 0 Å². The SMILES string of the molecule is O=C1CCc2c1c(CCC1CCCC1)nn2CCO. The maximum atomic E-state index is 12.0. The lowest BCUT2D eigenvalue weighted by molar-refractivity contribution is 0.0993. The van der Waals surface area contributed by atoms with Gasteiger partial charge in [0.2, 0.25) is 0 Å². The zero-order valence-corrected chi connectivity index (χ0v) is 11.4. The van der Waals surface area contributed by atoms with Crippen LogP contribution in [0.1, 0.15) is 60.3 Å². The smallest absolute Gasteiger partial charge is 0.166 e. The van der Waals surface area contributed by atoms with Gasteiger partial charge in [-0.05, 0) is 25.2 Å². The standard InChI is InChI=1S/C15H22N2O2/c18-10-9-17-13-7-8-14(19)15(13)12(16-17)6-5-11-3-1-2-4-11/h11,18H,1-10H2. The van der Waals surface area contributed by atoms with E-state index >= 15 is 0 Å². The molecule has 1 aromatic heterocycles. The average Bonchev–Trinajstić information content (AvgIpc) is 3.08. The molecule has 0 aromatic carbocycles. The van der Waals surface area contributed by atoms with Gasteiger partial charge in [0.1, 0.15) is 0 Å². The van der Waals surface area contributed by atoms with Crippen LogP contribution in [0.15, 0.2) is 0 Å². The zero-order chi connectivity index (χ0) is 13.2. The van der Waals surface area contributed by atoms with Gasteiger partial charge in [-0.3, -0.25) is 9.48 Å². The number of ketones is 1. The van der Waals surface area contributed by atoms with E-state index in [2.05, 4.69) is 5.10 Å². The average molecular weight is 262 g/mol. The lowest BCUT2D eigenvalue weighted by Gasteiger charge is -2.07. The predicted molar refractivity (Wildman–Crippen MR) is 72.2 cm³/mol. The number of carbonyl (C=O) groups is 1. The summed E-state index contributed by atoms with van der Waals surface area (Å²) >= 11 is 0. The number of aryl methyl sites for hydroxylation is 1. The van der Waals surface area contributed by atoms with Crippen LogP contribution in [0.2, 0.25) is 0 Å². The molecule has 0 amide bonds. The maximum absolute atomic E-state index is 12.0. The highest BCUT2D eigenvalue weighted by molar-refractivity contribution is 6.01. The summed E-state index contributed by atoms with van der Waals surface area (Å²) in [5.74, 6) is 1.08. The molecule has 3 rings (SSSR count). The molecular formula is C15H22N2O2. The Morgan fingerprint density at radius 1 is 1.26 bits per heavy atom. The van der Waals surface area contributed by atoms with Gasteiger partial charge in [0, 0.05) is 6.42 Å². The Kier molecular flexibility index (Phi) is 3.69. The van der Waals surface area contributed by atoms with Crippen LogP contribution < -0.4 is 0 Å². The first-order chi connectivity index (χ1) is 9.29. The summed E-state index contributed by atoms with van der Waals surface area (Å²) in [4.78, 5) is 12.0. The van der Waals surface area contributed by atoms with Crippen molar-refractivity contribution in [2.24, 2.45) is 5.92 Å². The minimum absolute atomic E-state index is 0.0877. The Bertz CT molecular complexity index is 473. The van der Waals surface area contributed by atoms with Crippen molar-refractivity contribution >= 4 is 5.78 Å². The Hall–Kier alpha value is -1.16. The Morgan fingerprint density at radius 3 is 2.79 bits per heavy atom. The van der Waals surface area contributed by atoms with Crippen LogP contribution in [0.25, 0.3) is 0 Å². The molecule has 0 spiro atoms. The monoisotopic (exact) mass is 262 g/mol.